The molecule has 128 valence electrons. The molecule has 0 radical (unpaired) electrons. The maximum atomic E-state index is 12.9. The molecule has 0 unspecified atom stereocenters. The van der Waals surface area contributed by atoms with Gasteiger partial charge in [0.1, 0.15) is 5.57 Å². The van der Waals surface area contributed by atoms with Crippen LogP contribution in [0.3, 0.4) is 0 Å². The van der Waals surface area contributed by atoms with Crippen LogP contribution >= 0.6 is 35.4 Å². The van der Waals surface area contributed by atoms with Crippen molar-refractivity contribution >= 4 is 64.1 Å². The van der Waals surface area contributed by atoms with Crippen molar-refractivity contribution in [1.29, 1.82) is 0 Å². The molecule has 5 nitrogen and oxygen atoms in total. The molecule has 25 heavy (non-hydrogen) atoms. The Hall–Kier alpha value is -2.15. The fraction of sp³-hybridized carbons (Fsp3) is 0.118. The van der Waals surface area contributed by atoms with Gasteiger partial charge in [-0.1, -0.05) is 29.3 Å². The van der Waals surface area contributed by atoms with E-state index < -0.39 is 11.8 Å². The van der Waals surface area contributed by atoms with Gasteiger partial charge in [0.15, 0.2) is 5.11 Å². The van der Waals surface area contributed by atoms with E-state index in [1.54, 1.807) is 18.2 Å². The van der Waals surface area contributed by atoms with E-state index in [1.165, 1.54) is 11.0 Å². The van der Waals surface area contributed by atoms with Gasteiger partial charge in [0.05, 0.1) is 15.7 Å². The van der Waals surface area contributed by atoms with Crippen molar-refractivity contribution < 1.29 is 9.59 Å². The number of nitrogens with one attached hydrogen (secondary N) is 1. The second-order valence-electron chi connectivity index (χ2n) is 5.49. The van der Waals surface area contributed by atoms with Crippen molar-refractivity contribution in [3.63, 3.8) is 0 Å². The molecule has 0 aliphatic carbocycles. The maximum Gasteiger partial charge on any atom is 0.270 e. The molecule has 1 aromatic heterocycles. The third kappa shape index (κ3) is 3.08. The number of halogens is 2. The van der Waals surface area contributed by atoms with Crippen LogP contribution in [0.5, 0.6) is 0 Å². The number of hydrogen-bond donors (Lipinski definition) is 1. The van der Waals surface area contributed by atoms with Crippen molar-refractivity contribution in [2.75, 3.05) is 4.90 Å². The van der Waals surface area contributed by atoms with Crippen LogP contribution in [-0.4, -0.2) is 21.5 Å². The molecule has 3 rings (SSSR count). The molecular weight excluding hydrogens is 381 g/mol. The summed E-state index contributed by atoms with van der Waals surface area (Å²) >= 11 is 17.4. The largest absolute Gasteiger partial charge is 0.348 e. The van der Waals surface area contributed by atoms with Gasteiger partial charge in [-0.2, -0.15) is 0 Å². The number of aromatic nitrogens is 1. The molecular formula is C17H13Cl2N3O2S. The molecule has 2 aromatic rings. The normalized spacial score (nSPS) is 16.6. The van der Waals surface area contributed by atoms with E-state index in [0.717, 1.165) is 11.4 Å². The van der Waals surface area contributed by atoms with Crippen LogP contribution in [0.4, 0.5) is 5.69 Å². The molecule has 1 aliphatic heterocycles. The quantitative estimate of drug-likeness (QED) is 0.482. The van der Waals surface area contributed by atoms with E-state index in [9.17, 15) is 9.59 Å². The number of rotatable bonds is 2. The molecule has 1 fully saturated rings. The lowest BCUT2D eigenvalue weighted by molar-refractivity contribution is -0.122. The average Bonchev–Trinajstić information content (AvgIpc) is 2.87. The number of amides is 2. The van der Waals surface area contributed by atoms with Crippen molar-refractivity contribution in [2.45, 2.75) is 6.92 Å². The van der Waals surface area contributed by atoms with Crippen molar-refractivity contribution in [3.8, 4) is 0 Å². The average molecular weight is 394 g/mol. The highest BCUT2D eigenvalue weighted by atomic mass is 35.5. The summed E-state index contributed by atoms with van der Waals surface area (Å²) in [5.41, 5.74) is 2.01. The minimum atomic E-state index is -0.559. The molecule has 1 aromatic carbocycles. The van der Waals surface area contributed by atoms with E-state index in [-0.39, 0.29) is 20.7 Å². The first-order valence-electron chi connectivity index (χ1n) is 7.29. The van der Waals surface area contributed by atoms with Crippen LogP contribution in [0.15, 0.2) is 35.9 Å². The summed E-state index contributed by atoms with van der Waals surface area (Å²) in [5.74, 6) is -1.11. The summed E-state index contributed by atoms with van der Waals surface area (Å²) in [6.45, 7) is 1.93. The second kappa shape index (κ2) is 6.63. The lowest BCUT2D eigenvalue weighted by atomic mass is 10.1. The van der Waals surface area contributed by atoms with Gasteiger partial charge in [-0.3, -0.25) is 19.8 Å². The summed E-state index contributed by atoms with van der Waals surface area (Å²) in [4.78, 5) is 26.4. The summed E-state index contributed by atoms with van der Waals surface area (Å²) in [6.07, 6.45) is 1.53. The molecule has 0 saturated carbocycles. The third-order valence-electron chi connectivity index (χ3n) is 3.98. The molecule has 0 atom stereocenters. The zero-order chi connectivity index (χ0) is 18.3. The Labute approximate surface area is 159 Å². The standard InChI is InChI=1S/C17H13Cl2N3O2S/c1-9-6-7-10(21(9)2)8-11-15(23)20-17(25)22(16(11)24)13-5-3-4-12(18)14(13)19/h3-8H,1-2H3,(H,20,23,25)/b11-8+. The van der Waals surface area contributed by atoms with Gasteiger partial charge >= 0.3 is 0 Å². The van der Waals surface area contributed by atoms with E-state index in [1.807, 2.05) is 30.7 Å². The van der Waals surface area contributed by atoms with E-state index >= 15 is 0 Å². The maximum absolute atomic E-state index is 12.9. The minimum absolute atomic E-state index is 0.0363. The number of anilines is 1. The summed E-state index contributed by atoms with van der Waals surface area (Å²) < 4.78 is 1.87. The zero-order valence-corrected chi connectivity index (χ0v) is 15.7. The number of hydrogen-bond acceptors (Lipinski definition) is 3. The zero-order valence-electron chi connectivity index (χ0n) is 13.3. The molecule has 2 amide bonds. The van der Waals surface area contributed by atoms with Crippen molar-refractivity contribution in [3.05, 3.63) is 57.3 Å². The molecule has 2 heterocycles. The Balaban J connectivity index is 2.09. The summed E-state index contributed by atoms with van der Waals surface area (Å²) in [7, 11) is 1.85. The molecule has 0 spiro atoms. The number of aryl methyl sites for hydroxylation is 1. The predicted octanol–water partition coefficient (Wildman–Crippen LogP) is 3.47. The Bertz CT molecular complexity index is 949. The van der Waals surface area contributed by atoms with Crippen LogP contribution in [0, 0.1) is 6.92 Å². The van der Waals surface area contributed by atoms with Crippen LogP contribution < -0.4 is 10.2 Å². The third-order valence-corrected chi connectivity index (χ3v) is 5.07. The molecule has 1 saturated heterocycles. The van der Waals surface area contributed by atoms with E-state index in [2.05, 4.69) is 5.32 Å². The van der Waals surface area contributed by atoms with Crippen molar-refractivity contribution in [1.82, 2.24) is 9.88 Å². The Morgan fingerprint density at radius 2 is 1.88 bits per heavy atom. The summed E-state index contributed by atoms with van der Waals surface area (Å²) in [5, 5.41) is 2.95. The predicted molar refractivity (Wildman–Crippen MR) is 103 cm³/mol. The highest BCUT2D eigenvalue weighted by Crippen LogP contribution is 2.34. The van der Waals surface area contributed by atoms with Gasteiger partial charge in [0.25, 0.3) is 11.8 Å². The fourth-order valence-corrected chi connectivity index (χ4v) is 3.12. The van der Waals surface area contributed by atoms with Gasteiger partial charge in [-0.15, -0.1) is 0 Å². The number of nitrogens with zero attached hydrogens (tertiary/aromatic N) is 2. The Morgan fingerprint density at radius 3 is 2.52 bits per heavy atom. The summed E-state index contributed by atoms with van der Waals surface area (Å²) in [6, 6.07) is 8.59. The smallest absolute Gasteiger partial charge is 0.270 e. The van der Waals surface area contributed by atoms with Gasteiger partial charge in [0, 0.05) is 18.4 Å². The van der Waals surface area contributed by atoms with Gasteiger partial charge in [0.2, 0.25) is 0 Å². The van der Waals surface area contributed by atoms with Gasteiger partial charge in [-0.25, -0.2) is 0 Å². The number of carbonyl (C=O) groups is 2. The first kappa shape index (κ1) is 17.7. The number of benzene rings is 1. The SMILES string of the molecule is Cc1ccc(/C=C2\C(=O)NC(=S)N(c3cccc(Cl)c3Cl)C2=O)n1C. The second-order valence-corrected chi connectivity index (χ2v) is 6.66. The Morgan fingerprint density at radius 1 is 1.16 bits per heavy atom. The van der Waals surface area contributed by atoms with E-state index in [4.69, 9.17) is 35.4 Å². The number of carbonyl (C=O) groups excluding carboxylic acids is 2. The first-order chi connectivity index (χ1) is 11.8. The lowest BCUT2D eigenvalue weighted by Crippen LogP contribution is -2.54. The molecule has 8 heteroatoms. The minimum Gasteiger partial charge on any atom is -0.348 e. The van der Waals surface area contributed by atoms with Crippen LogP contribution in [0.25, 0.3) is 6.08 Å². The lowest BCUT2D eigenvalue weighted by Gasteiger charge is -2.29. The topological polar surface area (TPSA) is 54.3 Å². The molecule has 1 N–H and O–H groups in total. The van der Waals surface area contributed by atoms with Gasteiger partial charge in [-0.05, 0) is 49.5 Å². The van der Waals surface area contributed by atoms with Crippen LogP contribution in [0.2, 0.25) is 10.0 Å². The Kier molecular flexibility index (Phi) is 4.69. The van der Waals surface area contributed by atoms with Crippen LogP contribution in [-0.2, 0) is 16.6 Å². The number of thiocarbonyl (C=S) groups is 1. The van der Waals surface area contributed by atoms with E-state index in [0.29, 0.717) is 5.69 Å². The van der Waals surface area contributed by atoms with Crippen LogP contribution in [0.1, 0.15) is 11.4 Å². The highest BCUT2D eigenvalue weighted by Gasteiger charge is 2.35. The fourth-order valence-electron chi connectivity index (χ4n) is 2.47. The molecule has 1 aliphatic rings. The van der Waals surface area contributed by atoms with Gasteiger partial charge < -0.3 is 4.57 Å². The van der Waals surface area contributed by atoms with Crippen molar-refractivity contribution in [2.24, 2.45) is 7.05 Å². The highest BCUT2D eigenvalue weighted by molar-refractivity contribution is 7.80. The monoisotopic (exact) mass is 393 g/mol. The molecule has 0 bridgehead atoms. The first-order valence-corrected chi connectivity index (χ1v) is 8.45.